The minimum atomic E-state index is -0.0502. The lowest BCUT2D eigenvalue weighted by Crippen LogP contribution is -2.56. The molecule has 0 unspecified atom stereocenters. The maximum absolute atomic E-state index is 11.8. The number of piperazine rings is 1. The Labute approximate surface area is 148 Å². The Kier molecular flexibility index (Phi) is 4.80. The van der Waals surface area contributed by atoms with Crippen molar-refractivity contribution in [2.45, 2.75) is 37.3 Å². The first kappa shape index (κ1) is 17.0. The van der Waals surface area contributed by atoms with Crippen molar-refractivity contribution in [1.29, 1.82) is 0 Å². The molecule has 1 aromatic heterocycles. The maximum atomic E-state index is 11.8. The van der Waals surface area contributed by atoms with E-state index in [1.165, 1.54) is 4.68 Å². The summed E-state index contributed by atoms with van der Waals surface area (Å²) in [6.07, 6.45) is 6.10. The van der Waals surface area contributed by atoms with Crippen molar-refractivity contribution >= 4 is 5.69 Å². The molecule has 138 valence electrons. The van der Waals surface area contributed by atoms with Crippen molar-refractivity contribution in [3.05, 3.63) is 22.6 Å². The minimum Gasteiger partial charge on any atom is -0.381 e. The predicted molar refractivity (Wildman–Crippen MR) is 95.0 cm³/mol. The third-order valence-corrected chi connectivity index (χ3v) is 6.02. The molecule has 1 aromatic rings. The fraction of sp³-hybridized carbons (Fsp3) is 0.778. The zero-order chi connectivity index (χ0) is 17.3. The van der Waals surface area contributed by atoms with Gasteiger partial charge in [-0.05, 0) is 25.7 Å². The molecule has 3 aliphatic rings. The van der Waals surface area contributed by atoms with Crippen LogP contribution in [0.25, 0.3) is 0 Å². The van der Waals surface area contributed by atoms with E-state index in [-0.39, 0.29) is 11.2 Å². The summed E-state index contributed by atoms with van der Waals surface area (Å²) in [6, 6.07) is 2.30. The van der Waals surface area contributed by atoms with Crippen LogP contribution in [0.3, 0.4) is 0 Å². The highest BCUT2D eigenvalue weighted by Gasteiger charge is 2.41. The molecule has 4 heterocycles. The van der Waals surface area contributed by atoms with Crippen molar-refractivity contribution in [3.63, 3.8) is 0 Å². The van der Waals surface area contributed by atoms with E-state index in [1.807, 2.05) is 0 Å². The summed E-state index contributed by atoms with van der Waals surface area (Å²) in [5.41, 5.74) is 0.940. The van der Waals surface area contributed by atoms with Gasteiger partial charge in [0.05, 0.1) is 17.5 Å². The van der Waals surface area contributed by atoms with E-state index in [4.69, 9.17) is 9.47 Å². The van der Waals surface area contributed by atoms with Gasteiger partial charge in [0.25, 0.3) is 5.56 Å². The first-order valence-electron chi connectivity index (χ1n) is 9.39. The SMILES string of the molecule is Cn1ncc(N2CCN([C@H]3CCOC4(CCOCC4)C3)CC2)cc1=O. The lowest BCUT2D eigenvalue weighted by molar-refractivity contribution is -0.151. The van der Waals surface area contributed by atoms with Crippen LogP contribution in [0.15, 0.2) is 17.1 Å². The van der Waals surface area contributed by atoms with E-state index < -0.39 is 0 Å². The Morgan fingerprint density at radius 2 is 1.92 bits per heavy atom. The Morgan fingerprint density at radius 1 is 1.16 bits per heavy atom. The van der Waals surface area contributed by atoms with Gasteiger partial charge in [-0.1, -0.05) is 0 Å². The number of hydrogen-bond donors (Lipinski definition) is 0. The molecular formula is C18H28N4O3. The van der Waals surface area contributed by atoms with Gasteiger partial charge in [-0.2, -0.15) is 5.10 Å². The van der Waals surface area contributed by atoms with E-state index >= 15 is 0 Å². The summed E-state index contributed by atoms with van der Waals surface area (Å²) < 4.78 is 13.1. The zero-order valence-electron chi connectivity index (χ0n) is 15.0. The van der Waals surface area contributed by atoms with Crippen molar-refractivity contribution < 1.29 is 9.47 Å². The molecule has 25 heavy (non-hydrogen) atoms. The highest BCUT2D eigenvalue weighted by molar-refractivity contribution is 5.43. The molecule has 0 aliphatic carbocycles. The fourth-order valence-corrected chi connectivity index (χ4v) is 4.38. The molecule has 0 amide bonds. The topological polar surface area (TPSA) is 59.8 Å². The quantitative estimate of drug-likeness (QED) is 0.781. The van der Waals surface area contributed by atoms with Crippen LogP contribution in [-0.4, -0.2) is 72.3 Å². The smallest absolute Gasteiger partial charge is 0.268 e. The van der Waals surface area contributed by atoms with E-state index in [2.05, 4.69) is 14.9 Å². The number of rotatable bonds is 2. The summed E-state index contributed by atoms with van der Waals surface area (Å²) in [4.78, 5) is 16.7. The summed E-state index contributed by atoms with van der Waals surface area (Å²) in [7, 11) is 1.68. The van der Waals surface area contributed by atoms with Gasteiger partial charge < -0.3 is 14.4 Å². The van der Waals surface area contributed by atoms with Gasteiger partial charge in [-0.15, -0.1) is 0 Å². The molecule has 7 heteroatoms. The van der Waals surface area contributed by atoms with Crippen LogP contribution in [0.5, 0.6) is 0 Å². The normalized spacial score (nSPS) is 27.6. The Morgan fingerprint density at radius 3 is 2.64 bits per heavy atom. The van der Waals surface area contributed by atoms with Gasteiger partial charge in [-0.25, -0.2) is 4.68 Å². The van der Waals surface area contributed by atoms with Gasteiger partial charge in [-0.3, -0.25) is 9.69 Å². The van der Waals surface area contributed by atoms with Crippen LogP contribution < -0.4 is 10.5 Å². The molecule has 3 fully saturated rings. The summed E-state index contributed by atoms with van der Waals surface area (Å²) in [5.74, 6) is 0. The second kappa shape index (κ2) is 7.05. The fourth-order valence-electron chi connectivity index (χ4n) is 4.38. The molecule has 4 rings (SSSR count). The predicted octanol–water partition coefficient (Wildman–Crippen LogP) is 0.631. The molecule has 0 aromatic carbocycles. The number of anilines is 1. The standard InChI is InChI=1S/C18H28N4O3/c1-20-17(23)12-16(14-19-20)22-7-5-21(6-8-22)15-2-9-25-18(13-15)3-10-24-11-4-18/h12,14-15H,2-11,13H2,1H3/t15-/m0/s1. The molecule has 0 N–H and O–H groups in total. The van der Waals surface area contributed by atoms with E-state index in [0.717, 1.165) is 77.4 Å². The number of hydrogen-bond acceptors (Lipinski definition) is 6. The molecule has 0 bridgehead atoms. The second-order valence-electron chi connectivity index (χ2n) is 7.49. The average molecular weight is 348 g/mol. The molecule has 1 atom stereocenters. The largest absolute Gasteiger partial charge is 0.381 e. The molecule has 1 spiro atoms. The summed E-state index contributed by atoms with van der Waals surface area (Å²) in [5, 5.41) is 4.14. The van der Waals surface area contributed by atoms with Crippen molar-refractivity contribution in [2.75, 3.05) is 50.9 Å². The number of ether oxygens (including phenoxy) is 2. The summed E-state index contributed by atoms with van der Waals surface area (Å²) >= 11 is 0. The Hall–Kier alpha value is -1.44. The lowest BCUT2D eigenvalue weighted by Gasteiger charge is -2.48. The highest BCUT2D eigenvalue weighted by atomic mass is 16.5. The van der Waals surface area contributed by atoms with Crippen molar-refractivity contribution in [2.24, 2.45) is 7.05 Å². The van der Waals surface area contributed by atoms with Crippen LogP contribution in [0.4, 0.5) is 5.69 Å². The first-order valence-corrected chi connectivity index (χ1v) is 9.39. The lowest BCUT2D eigenvalue weighted by atomic mass is 9.83. The van der Waals surface area contributed by atoms with Gasteiger partial charge in [0, 0.05) is 65.2 Å². The first-order chi connectivity index (χ1) is 12.2. The van der Waals surface area contributed by atoms with Crippen LogP contribution >= 0.6 is 0 Å². The van der Waals surface area contributed by atoms with Gasteiger partial charge >= 0.3 is 0 Å². The van der Waals surface area contributed by atoms with Gasteiger partial charge in [0.15, 0.2) is 0 Å². The van der Waals surface area contributed by atoms with Crippen molar-refractivity contribution in [1.82, 2.24) is 14.7 Å². The maximum Gasteiger partial charge on any atom is 0.268 e. The molecule has 3 saturated heterocycles. The number of nitrogens with zero attached hydrogens (tertiary/aromatic N) is 4. The molecule has 7 nitrogen and oxygen atoms in total. The molecular weight excluding hydrogens is 320 g/mol. The van der Waals surface area contributed by atoms with E-state index in [9.17, 15) is 4.79 Å². The number of aromatic nitrogens is 2. The summed E-state index contributed by atoms with van der Waals surface area (Å²) in [6.45, 7) is 6.49. The number of aryl methyl sites for hydroxylation is 1. The van der Waals surface area contributed by atoms with Crippen molar-refractivity contribution in [3.8, 4) is 0 Å². The van der Waals surface area contributed by atoms with Crippen LogP contribution in [0.1, 0.15) is 25.7 Å². The third-order valence-electron chi connectivity index (χ3n) is 6.02. The minimum absolute atomic E-state index is 0.0495. The molecule has 0 radical (unpaired) electrons. The van der Waals surface area contributed by atoms with Gasteiger partial charge in [0.1, 0.15) is 0 Å². The zero-order valence-corrected chi connectivity index (χ0v) is 15.0. The van der Waals surface area contributed by atoms with Crippen LogP contribution in [0, 0.1) is 0 Å². The average Bonchev–Trinajstić information content (AvgIpc) is 2.65. The van der Waals surface area contributed by atoms with E-state index in [1.54, 1.807) is 19.3 Å². The van der Waals surface area contributed by atoms with Crippen LogP contribution in [-0.2, 0) is 16.5 Å². The Balaban J connectivity index is 1.36. The third kappa shape index (κ3) is 3.59. The Bertz CT molecular complexity index is 642. The monoisotopic (exact) mass is 348 g/mol. The van der Waals surface area contributed by atoms with Crippen LogP contribution in [0.2, 0.25) is 0 Å². The molecule has 3 aliphatic heterocycles. The second-order valence-corrected chi connectivity index (χ2v) is 7.49. The highest BCUT2D eigenvalue weighted by Crippen LogP contribution is 2.36. The van der Waals surface area contributed by atoms with Gasteiger partial charge in [0.2, 0.25) is 0 Å². The molecule has 0 saturated carbocycles. The van der Waals surface area contributed by atoms with E-state index in [0.29, 0.717) is 6.04 Å².